The summed E-state index contributed by atoms with van der Waals surface area (Å²) < 4.78 is 16.8. The van der Waals surface area contributed by atoms with E-state index < -0.39 is 49.5 Å². The van der Waals surface area contributed by atoms with Gasteiger partial charge in [0.2, 0.25) is 5.91 Å². The minimum Gasteiger partial charge on any atom is -0.466 e. The van der Waals surface area contributed by atoms with Crippen LogP contribution in [-0.4, -0.2) is 100 Å². The highest BCUT2D eigenvalue weighted by atomic mass is 16.7. The fourth-order valence-corrected chi connectivity index (χ4v) is 12.5. The number of carbonyl (C=O) groups excluding carboxylic acids is 2. The van der Waals surface area contributed by atoms with Gasteiger partial charge in [0.1, 0.15) is 24.4 Å². The number of nitrogens with one attached hydrogen (secondary N) is 1. The molecule has 0 aromatic carbocycles. The van der Waals surface area contributed by atoms with Crippen molar-refractivity contribution < 1.29 is 49.3 Å². The van der Waals surface area contributed by atoms with Crippen LogP contribution in [0.1, 0.15) is 386 Å². The van der Waals surface area contributed by atoms with Gasteiger partial charge >= 0.3 is 5.97 Å². The summed E-state index contributed by atoms with van der Waals surface area (Å²) in [4.78, 5) is 25.2. The molecule has 1 fully saturated rings. The van der Waals surface area contributed by atoms with Crippen LogP contribution in [0.4, 0.5) is 0 Å². The number of allylic oxidation sites excluding steroid dienone is 7. The number of aliphatic hydroxyl groups excluding tert-OH is 5. The van der Waals surface area contributed by atoms with E-state index in [4.69, 9.17) is 14.2 Å². The zero-order chi connectivity index (χ0) is 65.8. The molecular formula is C80H149NO10. The fourth-order valence-electron chi connectivity index (χ4n) is 12.5. The van der Waals surface area contributed by atoms with Crippen LogP contribution in [0.5, 0.6) is 0 Å². The average Bonchev–Trinajstić information content (AvgIpc) is 1.17. The highest BCUT2D eigenvalue weighted by molar-refractivity contribution is 5.76. The van der Waals surface area contributed by atoms with Gasteiger partial charge in [-0.15, -0.1) is 0 Å². The van der Waals surface area contributed by atoms with Crippen LogP contribution in [0.3, 0.4) is 0 Å². The molecule has 0 saturated carbocycles. The Hall–Kier alpha value is -2.38. The largest absolute Gasteiger partial charge is 0.466 e. The Kier molecular flexibility index (Phi) is 65.7. The molecule has 1 aliphatic heterocycles. The number of carbonyl (C=O) groups is 2. The molecule has 0 radical (unpaired) electrons. The van der Waals surface area contributed by atoms with E-state index in [1.54, 1.807) is 6.08 Å². The number of ether oxygens (including phenoxy) is 3. The van der Waals surface area contributed by atoms with Crippen molar-refractivity contribution in [1.82, 2.24) is 5.32 Å². The predicted molar refractivity (Wildman–Crippen MR) is 384 cm³/mol. The summed E-state index contributed by atoms with van der Waals surface area (Å²) in [5.41, 5.74) is 0. The lowest BCUT2D eigenvalue weighted by Gasteiger charge is -2.40. The molecule has 1 aliphatic rings. The Morgan fingerprint density at radius 1 is 0.407 bits per heavy atom. The molecule has 534 valence electrons. The van der Waals surface area contributed by atoms with E-state index in [-0.39, 0.29) is 18.5 Å². The zero-order valence-electron chi connectivity index (χ0n) is 59.6. The molecule has 7 unspecified atom stereocenters. The second-order valence-corrected chi connectivity index (χ2v) is 27.4. The standard InChI is InChI=1S/C80H149NO10/c1-3-5-7-9-11-13-15-16-17-18-39-42-45-48-52-56-60-64-68-76(85)89-69-65-61-57-53-49-46-43-40-37-35-33-31-29-27-25-23-21-19-20-22-24-26-28-30-32-34-36-38-41-44-47-51-55-59-63-67-75(84)81-72(71-90-80-79(88)78(87)77(86)74(70-82)91-80)73(83)66-62-58-54-50-14-12-10-8-6-4-2/h13,15,17-18,21,23,62,66,72-74,77-80,82-83,86-88H,3-12,14,16,19-20,22,24-61,63-65,67-71H2,1-2H3,(H,81,84)/b15-13-,18-17-,23-21-,66-62+. The first-order valence-electron chi connectivity index (χ1n) is 39.4. The highest BCUT2D eigenvalue weighted by Crippen LogP contribution is 2.24. The molecule has 1 rings (SSSR count). The Labute approximate surface area is 561 Å². The van der Waals surface area contributed by atoms with Gasteiger partial charge in [-0.25, -0.2) is 0 Å². The van der Waals surface area contributed by atoms with Crippen LogP contribution in [0.25, 0.3) is 0 Å². The van der Waals surface area contributed by atoms with Crippen molar-refractivity contribution in [3.8, 4) is 0 Å². The van der Waals surface area contributed by atoms with Crippen LogP contribution in [-0.2, 0) is 23.8 Å². The highest BCUT2D eigenvalue weighted by Gasteiger charge is 2.44. The lowest BCUT2D eigenvalue weighted by molar-refractivity contribution is -0.302. The zero-order valence-corrected chi connectivity index (χ0v) is 59.6. The third-order valence-electron chi connectivity index (χ3n) is 18.7. The summed E-state index contributed by atoms with van der Waals surface area (Å²) in [7, 11) is 0. The van der Waals surface area contributed by atoms with Crippen LogP contribution < -0.4 is 5.32 Å². The Morgan fingerprint density at radius 2 is 0.736 bits per heavy atom. The van der Waals surface area contributed by atoms with Crippen molar-refractivity contribution >= 4 is 11.9 Å². The van der Waals surface area contributed by atoms with Crippen LogP contribution in [0.2, 0.25) is 0 Å². The van der Waals surface area contributed by atoms with Gasteiger partial charge in [-0.3, -0.25) is 9.59 Å². The molecule has 1 heterocycles. The van der Waals surface area contributed by atoms with E-state index in [1.165, 1.54) is 295 Å². The topological polar surface area (TPSA) is 175 Å². The van der Waals surface area contributed by atoms with E-state index in [2.05, 4.69) is 55.6 Å². The quantitative estimate of drug-likeness (QED) is 0.0195. The van der Waals surface area contributed by atoms with Crippen molar-refractivity contribution in [3.63, 3.8) is 0 Å². The number of rotatable bonds is 70. The number of amides is 1. The lowest BCUT2D eigenvalue weighted by Crippen LogP contribution is -2.60. The number of esters is 1. The number of aliphatic hydroxyl groups is 5. The van der Waals surface area contributed by atoms with Gasteiger partial charge in [0.15, 0.2) is 6.29 Å². The van der Waals surface area contributed by atoms with E-state index in [9.17, 15) is 35.1 Å². The third kappa shape index (κ3) is 57.6. The molecule has 11 heteroatoms. The predicted octanol–water partition coefficient (Wildman–Crippen LogP) is 21.1. The van der Waals surface area contributed by atoms with Crippen LogP contribution in [0.15, 0.2) is 48.6 Å². The summed E-state index contributed by atoms with van der Waals surface area (Å²) >= 11 is 0. The van der Waals surface area contributed by atoms with E-state index in [1.807, 2.05) is 6.08 Å². The minimum absolute atomic E-state index is 0.00648. The van der Waals surface area contributed by atoms with Gasteiger partial charge in [0.05, 0.1) is 32.0 Å². The Balaban J connectivity index is 1.87. The van der Waals surface area contributed by atoms with E-state index >= 15 is 0 Å². The normalized spacial score (nSPS) is 17.8. The van der Waals surface area contributed by atoms with Crippen LogP contribution in [0, 0.1) is 0 Å². The molecule has 0 bridgehead atoms. The lowest BCUT2D eigenvalue weighted by atomic mass is 9.99. The first-order valence-corrected chi connectivity index (χ1v) is 39.4. The molecule has 1 saturated heterocycles. The van der Waals surface area contributed by atoms with Gasteiger partial charge < -0.3 is 45.1 Å². The smallest absolute Gasteiger partial charge is 0.305 e. The second kappa shape index (κ2) is 69.0. The third-order valence-corrected chi connectivity index (χ3v) is 18.7. The van der Waals surface area contributed by atoms with Crippen molar-refractivity contribution in [2.75, 3.05) is 19.8 Å². The van der Waals surface area contributed by atoms with Crippen LogP contribution >= 0.6 is 0 Å². The van der Waals surface area contributed by atoms with Gasteiger partial charge in [-0.2, -0.15) is 0 Å². The maximum atomic E-state index is 13.0. The molecule has 91 heavy (non-hydrogen) atoms. The fraction of sp³-hybridized carbons (Fsp3) is 0.875. The molecular weight excluding hydrogens is 1130 g/mol. The van der Waals surface area contributed by atoms with Gasteiger partial charge in [0, 0.05) is 12.8 Å². The van der Waals surface area contributed by atoms with Gasteiger partial charge in [-0.05, 0) is 89.9 Å². The van der Waals surface area contributed by atoms with E-state index in [0.717, 1.165) is 64.2 Å². The second-order valence-electron chi connectivity index (χ2n) is 27.4. The Morgan fingerprint density at radius 3 is 1.13 bits per heavy atom. The maximum Gasteiger partial charge on any atom is 0.305 e. The first-order chi connectivity index (χ1) is 44.7. The number of hydrogen-bond acceptors (Lipinski definition) is 10. The van der Waals surface area contributed by atoms with Gasteiger partial charge in [0.25, 0.3) is 0 Å². The average molecular weight is 1290 g/mol. The minimum atomic E-state index is -1.57. The maximum absolute atomic E-state index is 13.0. The monoisotopic (exact) mass is 1280 g/mol. The molecule has 0 aromatic rings. The van der Waals surface area contributed by atoms with Crippen molar-refractivity contribution in [3.05, 3.63) is 48.6 Å². The molecule has 6 N–H and O–H groups in total. The molecule has 0 aromatic heterocycles. The van der Waals surface area contributed by atoms with Crippen molar-refractivity contribution in [2.45, 2.75) is 429 Å². The number of hydrogen-bond donors (Lipinski definition) is 6. The summed E-state index contributed by atoms with van der Waals surface area (Å²) in [6.07, 6.45) is 81.5. The molecule has 0 aliphatic carbocycles. The molecule has 11 nitrogen and oxygen atoms in total. The Bertz CT molecular complexity index is 1650. The van der Waals surface area contributed by atoms with Gasteiger partial charge in [-0.1, -0.05) is 332 Å². The van der Waals surface area contributed by atoms with E-state index in [0.29, 0.717) is 19.4 Å². The molecule has 7 atom stereocenters. The summed E-state index contributed by atoms with van der Waals surface area (Å²) in [5, 5.41) is 54.4. The summed E-state index contributed by atoms with van der Waals surface area (Å²) in [6.45, 7) is 4.35. The SMILES string of the molecule is CCCCCC/C=C\C/C=C\CCCCCCCCCC(=O)OCCCCCCCCCCCCCCCC/C=C\CCCCCCCCCCCCCCCCCCCC(=O)NC(COC1OC(CO)C(O)C(O)C1O)C(O)/C=C/CCCCCCCCCC. The van der Waals surface area contributed by atoms with Crippen molar-refractivity contribution in [2.24, 2.45) is 0 Å². The molecule has 0 spiro atoms. The first kappa shape index (κ1) is 86.6. The van der Waals surface area contributed by atoms with Crippen molar-refractivity contribution in [1.29, 1.82) is 0 Å². The summed E-state index contributed by atoms with van der Waals surface area (Å²) in [5.74, 6) is -0.171. The molecule has 1 amide bonds. The number of unbranched alkanes of at least 4 members (excludes halogenated alkanes) is 50. The summed E-state index contributed by atoms with van der Waals surface area (Å²) in [6, 6.07) is -0.807.